The Morgan fingerprint density at radius 3 is 2.56 bits per heavy atom. The van der Waals surface area contributed by atoms with Gasteiger partial charge in [0, 0.05) is 10.9 Å². The summed E-state index contributed by atoms with van der Waals surface area (Å²) in [7, 11) is 0. The molecule has 0 bridgehead atoms. The van der Waals surface area contributed by atoms with E-state index in [1.807, 2.05) is 24.4 Å². The van der Waals surface area contributed by atoms with Gasteiger partial charge in [0.15, 0.2) is 0 Å². The predicted molar refractivity (Wildman–Crippen MR) is 70.7 cm³/mol. The van der Waals surface area contributed by atoms with Gasteiger partial charge in [-0.2, -0.15) is 0 Å². The Kier molecular flexibility index (Phi) is 5.15. The number of carboxylic acid groups (broad SMARTS) is 1. The standard InChI is InChI=1S/C12H18N2O3S/c1-8(2)14(7-11(15)16)12(17)13-9(3)10-5-4-6-18-10/h4-6,8-9H,7H2,1-3H3,(H,13,17)(H,15,16). The number of amides is 2. The molecular formula is C12H18N2O3S. The topological polar surface area (TPSA) is 69.6 Å². The second kappa shape index (κ2) is 6.39. The van der Waals surface area contributed by atoms with E-state index in [1.165, 1.54) is 4.90 Å². The molecule has 2 amide bonds. The molecule has 0 fully saturated rings. The number of nitrogens with zero attached hydrogens (tertiary/aromatic N) is 1. The van der Waals surface area contributed by atoms with Crippen molar-refractivity contribution in [1.82, 2.24) is 10.2 Å². The van der Waals surface area contributed by atoms with Crippen LogP contribution >= 0.6 is 11.3 Å². The fourth-order valence-electron chi connectivity index (χ4n) is 1.51. The molecule has 2 N–H and O–H groups in total. The molecule has 1 unspecified atom stereocenters. The lowest BCUT2D eigenvalue weighted by molar-refractivity contribution is -0.138. The summed E-state index contributed by atoms with van der Waals surface area (Å²) in [6, 6.07) is 3.23. The number of hydrogen-bond donors (Lipinski definition) is 2. The van der Waals surface area contributed by atoms with Crippen molar-refractivity contribution >= 4 is 23.3 Å². The molecule has 0 aliphatic heterocycles. The molecule has 0 spiro atoms. The largest absolute Gasteiger partial charge is 0.480 e. The van der Waals surface area contributed by atoms with Crippen molar-refractivity contribution in [1.29, 1.82) is 0 Å². The summed E-state index contributed by atoms with van der Waals surface area (Å²) in [6.07, 6.45) is 0. The first kappa shape index (κ1) is 14.5. The van der Waals surface area contributed by atoms with Gasteiger partial charge in [0.05, 0.1) is 6.04 Å². The van der Waals surface area contributed by atoms with Gasteiger partial charge in [-0.3, -0.25) is 4.79 Å². The normalized spacial score (nSPS) is 12.2. The smallest absolute Gasteiger partial charge is 0.323 e. The summed E-state index contributed by atoms with van der Waals surface area (Å²) < 4.78 is 0. The van der Waals surface area contributed by atoms with Crippen molar-refractivity contribution in [3.05, 3.63) is 22.4 Å². The van der Waals surface area contributed by atoms with E-state index in [9.17, 15) is 9.59 Å². The predicted octanol–water partition coefficient (Wildman–Crippen LogP) is 2.31. The molecule has 0 radical (unpaired) electrons. The molecule has 1 atom stereocenters. The molecule has 5 nitrogen and oxygen atoms in total. The zero-order valence-electron chi connectivity index (χ0n) is 10.7. The molecule has 18 heavy (non-hydrogen) atoms. The molecule has 0 saturated heterocycles. The lowest BCUT2D eigenvalue weighted by atomic mass is 10.2. The van der Waals surface area contributed by atoms with Crippen LogP contribution in [0.1, 0.15) is 31.7 Å². The van der Waals surface area contributed by atoms with Crippen LogP contribution in [0.5, 0.6) is 0 Å². The van der Waals surface area contributed by atoms with E-state index in [0.717, 1.165) is 4.88 Å². The Balaban J connectivity index is 2.64. The summed E-state index contributed by atoms with van der Waals surface area (Å²) in [5.41, 5.74) is 0. The molecule has 0 aromatic carbocycles. The zero-order chi connectivity index (χ0) is 13.7. The first-order valence-electron chi connectivity index (χ1n) is 5.74. The van der Waals surface area contributed by atoms with Crippen molar-refractivity contribution in [2.45, 2.75) is 32.9 Å². The monoisotopic (exact) mass is 270 g/mol. The van der Waals surface area contributed by atoms with Gasteiger partial charge in [-0.15, -0.1) is 11.3 Å². The number of carboxylic acids is 1. The lowest BCUT2D eigenvalue weighted by Crippen LogP contribution is -2.47. The second-order valence-electron chi connectivity index (χ2n) is 4.30. The first-order chi connectivity index (χ1) is 8.41. The van der Waals surface area contributed by atoms with Crippen molar-refractivity contribution in [2.24, 2.45) is 0 Å². The Morgan fingerprint density at radius 2 is 2.11 bits per heavy atom. The van der Waals surface area contributed by atoms with Crippen molar-refractivity contribution < 1.29 is 14.7 Å². The van der Waals surface area contributed by atoms with Gasteiger partial charge < -0.3 is 15.3 Å². The first-order valence-corrected chi connectivity index (χ1v) is 6.62. The summed E-state index contributed by atoms with van der Waals surface area (Å²) >= 11 is 1.56. The Bertz CT molecular complexity index is 403. The number of rotatable bonds is 5. The van der Waals surface area contributed by atoms with Crippen LogP contribution in [0.25, 0.3) is 0 Å². The third kappa shape index (κ3) is 4.03. The fourth-order valence-corrected chi connectivity index (χ4v) is 2.25. The minimum atomic E-state index is -1.01. The Morgan fingerprint density at radius 1 is 1.44 bits per heavy atom. The van der Waals surface area contributed by atoms with E-state index in [0.29, 0.717) is 0 Å². The van der Waals surface area contributed by atoms with Gasteiger partial charge >= 0.3 is 12.0 Å². The SMILES string of the molecule is CC(NC(=O)N(CC(=O)O)C(C)C)c1cccs1. The highest BCUT2D eigenvalue weighted by Crippen LogP contribution is 2.18. The second-order valence-corrected chi connectivity index (χ2v) is 5.28. The maximum absolute atomic E-state index is 12.0. The summed E-state index contributed by atoms with van der Waals surface area (Å²) in [5.74, 6) is -1.01. The third-order valence-electron chi connectivity index (χ3n) is 2.50. The molecule has 0 aliphatic carbocycles. The number of carbonyl (C=O) groups excluding carboxylic acids is 1. The highest BCUT2D eigenvalue weighted by atomic mass is 32.1. The van der Waals surface area contributed by atoms with Crippen LogP contribution in [-0.4, -0.2) is 34.6 Å². The number of aliphatic carboxylic acids is 1. The molecule has 0 saturated carbocycles. The number of nitrogens with one attached hydrogen (secondary N) is 1. The van der Waals surface area contributed by atoms with Crippen LogP contribution in [0.4, 0.5) is 4.79 Å². The quantitative estimate of drug-likeness (QED) is 0.862. The van der Waals surface area contributed by atoms with E-state index in [2.05, 4.69) is 5.32 Å². The van der Waals surface area contributed by atoms with E-state index in [-0.39, 0.29) is 24.7 Å². The van der Waals surface area contributed by atoms with E-state index in [4.69, 9.17) is 5.11 Å². The number of carbonyl (C=O) groups is 2. The molecule has 1 rings (SSSR count). The maximum atomic E-state index is 12.0. The fraction of sp³-hybridized carbons (Fsp3) is 0.500. The van der Waals surface area contributed by atoms with Crippen LogP contribution in [0.15, 0.2) is 17.5 Å². The van der Waals surface area contributed by atoms with Crippen LogP contribution < -0.4 is 5.32 Å². The van der Waals surface area contributed by atoms with Gasteiger partial charge in [-0.25, -0.2) is 4.79 Å². The maximum Gasteiger partial charge on any atom is 0.323 e. The highest BCUT2D eigenvalue weighted by molar-refractivity contribution is 7.10. The van der Waals surface area contributed by atoms with E-state index >= 15 is 0 Å². The van der Waals surface area contributed by atoms with Crippen molar-refractivity contribution in [3.63, 3.8) is 0 Å². The number of urea groups is 1. The molecular weight excluding hydrogens is 252 g/mol. The molecule has 1 aromatic heterocycles. The Hall–Kier alpha value is -1.56. The van der Waals surface area contributed by atoms with E-state index in [1.54, 1.807) is 25.2 Å². The van der Waals surface area contributed by atoms with Crippen LogP contribution in [0, 0.1) is 0 Å². The van der Waals surface area contributed by atoms with Crippen LogP contribution in [0.3, 0.4) is 0 Å². The third-order valence-corrected chi connectivity index (χ3v) is 3.55. The van der Waals surface area contributed by atoms with E-state index < -0.39 is 5.97 Å². The summed E-state index contributed by atoms with van der Waals surface area (Å²) in [5, 5.41) is 13.5. The van der Waals surface area contributed by atoms with Crippen LogP contribution in [-0.2, 0) is 4.79 Å². The van der Waals surface area contributed by atoms with Gasteiger partial charge in [-0.1, -0.05) is 6.07 Å². The van der Waals surface area contributed by atoms with Gasteiger partial charge in [-0.05, 0) is 32.2 Å². The molecule has 1 heterocycles. The highest BCUT2D eigenvalue weighted by Gasteiger charge is 2.21. The summed E-state index contributed by atoms with van der Waals surface area (Å²) in [4.78, 5) is 25.0. The minimum Gasteiger partial charge on any atom is -0.480 e. The van der Waals surface area contributed by atoms with Crippen LogP contribution in [0.2, 0.25) is 0 Å². The summed E-state index contributed by atoms with van der Waals surface area (Å²) in [6.45, 7) is 5.17. The minimum absolute atomic E-state index is 0.118. The van der Waals surface area contributed by atoms with Gasteiger partial charge in [0.25, 0.3) is 0 Å². The van der Waals surface area contributed by atoms with Gasteiger partial charge in [0.1, 0.15) is 6.54 Å². The molecule has 6 heteroatoms. The van der Waals surface area contributed by atoms with Crippen molar-refractivity contribution in [2.75, 3.05) is 6.54 Å². The average Bonchev–Trinajstić information content (AvgIpc) is 2.78. The molecule has 100 valence electrons. The average molecular weight is 270 g/mol. The Labute approximate surface area is 110 Å². The van der Waals surface area contributed by atoms with Crippen molar-refractivity contribution in [3.8, 4) is 0 Å². The lowest BCUT2D eigenvalue weighted by Gasteiger charge is -2.26. The van der Waals surface area contributed by atoms with Gasteiger partial charge in [0.2, 0.25) is 0 Å². The molecule has 0 aliphatic rings. The number of hydrogen-bond acceptors (Lipinski definition) is 3. The number of thiophene rings is 1. The molecule has 1 aromatic rings. The zero-order valence-corrected chi connectivity index (χ0v) is 11.5.